The van der Waals surface area contributed by atoms with Crippen molar-refractivity contribution in [2.24, 2.45) is 0 Å². The first-order valence-electron chi connectivity index (χ1n) is 6.23. The highest BCUT2D eigenvalue weighted by molar-refractivity contribution is 5.91. The topological polar surface area (TPSA) is 111 Å². The molecule has 21 heavy (non-hydrogen) atoms. The van der Waals surface area contributed by atoms with Crippen molar-refractivity contribution in [2.45, 2.75) is 26.3 Å². The van der Waals surface area contributed by atoms with Gasteiger partial charge in [0.25, 0.3) is 5.69 Å². The summed E-state index contributed by atoms with van der Waals surface area (Å²) in [4.78, 5) is 33.2. The van der Waals surface area contributed by atoms with Gasteiger partial charge in [0.05, 0.1) is 29.7 Å². The van der Waals surface area contributed by atoms with E-state index in [9.17, 15) is 19.7 Å². The number of esters is 1. The summed E-state index contributed by atoms with van der Waals surface area (Å²) in [6, 6.07) is 3.44. The number of nitro benzene ring substituents is 1. The monoisotopic (exact) mass is 295 g/mol. The minimum absolute atomic E-state index is 0.0395. The predicted octanol–water partition coefficient (Wildman–Crippen LogP) is 1.98. The lowest BCUT2D eigenvalue weighted by molar-refractivity contribution is -0.385. The summed E-state index contributed by atoms with van der Waals surface area (Å²) in [5.41, 5.74) is 0.626. The number of carbonyl (C=O) groups excluding carboxylic acids is 2. The highest BCUT2D eigenvalue weighted by Crippen LogP contribution is 2.24. The van der Waals surface area contributed by atoms with Crippen LogP contribution < -0.4 is 10.6 Å². The summed E-state index contributed by atoms with van der Waals surface area (Å²) in [6.07, 6.45) is 0.0395. The van der Waals surface area contributed by atoms with Crippen LogP contribution in [0.1, 0.15) is 18.9 Å². The Bertz CT molecular complexity index is 559. The van der Waals surface area contributed by atoms with E-state index in [4.69, 9.17) is 0 Å². The summed E-state index contributed by atoms with van der Waals surface area (Å²) in [7, 11) is 1.27. The van der Waals surface area contributed by atoms with Crippen LogP contribution in [0, 0.1) is 17.0 Å². The first kappa shape index (κ1) is 16.4. The van der Waals surface area contributed by atoms with Crippen molar-refractivity contribution < 1.29 is 19.2 Å². The zero-order valence-corrected chi connectivity index (χ0v) is 12.0. The molecule has 0 fully saturated rings. The largest absolute Gasteiger partial charge is 0.469 e. The highest BCUT2D eigenvalue weighted by atomic mass is 16.6. The fourth-order valence-electron chi connectivity index (χ4n) is 1.72. The van der Waals surface area contributed by atoms with E-state index >= 15 is 0 Å². The third-order valence-corrected chi connectivity index (χ3v) is 2.83. The quantitative estimate of drug-likeness (QED) is 0.490. The molecule has 114 valence electrons. The molecule has 0 spiro atoms. The second-order valence-corrected chi connectivity index (χ2v) is 4.49. The Kier molecular flexibility index (Phi) is 5.65. The molecule has 1 rings (SSSR count). The highest BCUT2D eigenvalue weighted by Gasteiger charge is 2.16. The number of rotatable bonds is 5. The van der Waals surface area contributed by atoms with Gasteiger partial charge in [-0.15, -0.1) is 0 Å². The summed E-state index contributed by atoms with van der Waals surface area (Å²) >= 11 is 0. The van der Waals surface area contributed by atoms with Crippen LogP contribution in [-0.4, -0.2) is 30.1 Å². The van der Waals surface area contributed by atoms with E-state index in [1.165, 1.54) is 19.2 Å². The Morgan fingerprint density at radius 3 is 2.67 bits per heavy atom. The minimum atomic E-state index is -0.546. The Morgan fingerprint density at radius 1 is 1.43 bits per heavy atom. The SMILES string of the molecule is COC(=O)C[C@H](C)NC(=O)Nc1cccc([N+](=O)[O-])c1C. The second-order valence-electron chi connectivity index (χ2n) is 4.49. The lowest BCUT2D eigenvalue weighted by atomic mass is 10.1. The first-order valence-corrected chi connectivity index (χ1v) is 6.23. The molecular formula is C13H17N3O5. The molecule has 2 N–H and O–H groups in total. The van der Waals surface area contributed by atoms with Gasteiger partial charge < -0.3 is 15.4 Å². The maximum Gasteiger partial charge on any atom is 0.319 e. The molecule has 0 aliphatic rings. The standard InChI is InChI=1S/C13H17N3O5/c1-8(7-12(17)21-3)14-13(18)15-10-5-4-6-11(9(10)2)16(19)20/h4-6,8H,7H2,1-3H3,(H2,14,15,18)/t8-/m0/s1. The molecule has 0 aromatic heterocycles. The lowest BCUT2D eigenvalue weighted by Crippen LogP contribution is -2.37. The fraction of sp³-hybridized carbons (Fsp3) is 0.385. The summed E-state index contributed by atoms with van der Waals surface area (Å²) in [5.74, 6) is -0.436. The Labute approximate surface area is 121 Å². The number of anilines is 1. The molecule has 0 unspecified atom stereocenters. The number of ether oxygens (including phenoxy) is 1. The normalized spacial score (nSPS) is 11.4. The molecule has 0 bridgehead atoms. The second kappa shape index (κ2) is 7.22. The van der Waals surface area contributed by atoms with Crippen LogP contribution >= 0.6 is 0 Å². The van der Waals surface area contributed by atoms with Crippen molar-refractivity contribution in [3.8, 4) is 0 Å². The molecule has 0 aliphatic carbocycles. The van der Waals surface area contributed by atoms with Crippen LogP contribution in [0.3, 0.4) is 0 Å². The molecule has 0 heterocycles. The van der Waals surface area contributed by atoms with E-state index in [-0.39, 0.29) is 12.1 Å². The van der Waals surface area contributed by atoms with Crippen LogP contribution in [0.4, 0.5) is 16.2 Å². The van der Waals surface area contributed by atoms with Crippen molar-refractivity contribution in [1.29, 1.82) is 0 Å². The summed E-state index contributed by atoms with van der Waals surface area (Å²) in [6.45, 7) is 3.20. The smallest absolute Gasteiger partial charge is 0.319 e. The number of carbonyl (C=O) groups is 2. The number of hydrogen-bond donors (Lipinski definition) is 2. The molecule has 1 atom stereocenters. The molecule has 0 radical (unpaired) electrons. The van der Waals surface area contributed by atoms with E-state index in [0.29, 0.717) is 11.3 Å². The molecule has 1 aromatic rings. The van der Waals surface area contributed by atoms with Gasteiger partial charge >= 0.3 is 12.0 Å². The van der Waals surface area contributed by atoms with Crippen molar-refractivity contribution in [3.63, 3.8) is 0 Å². The van der Waals surface area contributed by atoms with Crippen LogP contribution in [0.5, 0.6) is 0 Å². The molecule has 0 aliphatic heterocycles. The van der Waals surface area contributed by atoms with Crippen LogP contribution in [-0.2, 0) is 9.53 Å². The van der Waals surface area contributed by atoms with Crippen molar-refractivity contribution in [2.75, 3.05) is 12.4 Å². The first-order chi connectivity index (χ1) is 9.85. The third-order valence-electron chi connectivity index (χ3n) is 2.83. The Balaban J connectivity index is 2.69. The Morgan fingerprint density at radius 2 is 2.10 bits per heavy atom. The van der Waals surface area contributed by atoms with Gasteiger partial charge in [-0.25, -0.2) is 4.79 Å². The van der Waals surface area contributed by atoms with E-state index in [1.54, 1.807) is 19.9 Å². The zero-order valence-electron chi connectivity index (χ0n) is 12.0. The maximum atomic E-state index is 11.8. The molecule has 0 saturated heterocycles. The Hall–Kier alpha value is -2.64. The van der Waals surface area contributed by atoms with Gasteiger partial charge in [0, 0.05) is 12.1 Å². The molecule has 8 heteroatoms. The molecule has 1 aromatic carbocycles. The maximum absolute atomic E-state index is 11.8. The van der Waals surface area contributed by atoms with Crippen LogP contribution in [0.2, 0.25) is 0 Å². The average Bonchev–Trinajstić information content (AvgIpc) is 2.40. The number of benzene rings is 1. The number of nitro groups is 1. The van der Waals surface area contributed by atoms with Gasteiger partial charge in [0.2, 0.25) is 0 Å². The third kappa shape index (κ3) is 4.75. The van der Waals surface area contributed by atoms with E-state index in [0.717, 1.165) is 0 Å². The zero-order chi connectivity index (χ0) is 16.0. The number of nitrogens with one attached hydrogen (secondary N) is 2. The molecule has 0 saturated carbocycles. The van der Waals surface area contributed by atoms with E-state index < -0.39 is 23.0 Å². The van der Waals surface area contributed by atoms with Gasteiger partial charge in [-0.3, -0.25) is 14.9 Å². The number of nitrogens with zero attached hydrogens (tertiary/aromatic N) is 1. The number of amides is 2. The van der Waals surface area contributed by atoms with Crippen molar-refractivity contribution in [3.05, 3.63) is 33.9 Å². The van der Waals surface area contributed by atoms with Gasteiger partial charge in [-0.2, -0.15) is 0 Å². The fourth-order valence-corrected chi connectivity index (χ4v) is 1.72. The van der Waals surface area contributed by atoms with Crippen LogP contribution in [0.15, 0.2) is 18.2 Å². The van der Waals surface area contributed by atoms with Crippen molar-refractivity contribution in [1.82, 2.24) is 5.32 Å². The number of urea groups is 1. The predicted molar refractivity (Wildman–Crippen MR) is 76.1 cm³/mol. The van der Waals surface area contributed by atoms with Crippen molar-refractivity contribution >= 4 is 23.4 Å². The van der Waals surface area contributed by atoms with E-state index in [2.05, 4.69) is 15.4 Å². The molecule has 2 amide bonds. The minimum Gasteiger partial charge on any atom is -0.469 e. The lowest BCUT2D eigenvalue weighted by Gasteiger charge is -2.14. The van der Waals surface area contributed by atoms with Gasteiger partial charge in [0.1, 0.15) is 0 Å². The summed E-state index contributed by atoms with van der Waals surface area (Å²) in [5, 5.41) is 15.9. The van der Waals surface area contributed by atoms with Gasteiger partial charge in [-0.1, -0.05) is 6.07 Å². The van der Waals surface area contributed by atoms with Gasteiger partial charge in [-0.05, 0) is 19.9 Å². The number of hydrogen-bond acceptors (Lipinski definition) is 5. The van der Waals surface area contributed by atoms with Crippen LogP contribution in [0.25, 0.3) is 0 Å². The molecular weight excluding hydrogens is 278 g/mol. The summed E-state index contributed by atoms with van der Waals surface area (Å²) < 4.78 is 4.50. The van der Waals surface area contributed by atoms with E-state index in [1.807, 2.05) is 0 Å². The number of methoxy groups -OCH3 is 1. The van der Waals surface area contributed by atoms with Gasteiger partial charge in [0.15, 0.2) is 0 Å². The molecule has 8 nitrogen and oxygen atoms in total. The average molecular weight is 295 g/mol.